The lowest BCUT2D eigenvalue weighted by molar-refractivity contribution is -0.137. The number of hydrogen-bond acceptors (Lipinski definition) is 4. The summed E-state index contributed by atoms with van der Waals surface area (Å²) in [6.45, 7) is 4.90. The summed E-state index contributed by atoms with van der Waals surface area (Å²) in [5.41, 5.74) is 1.89. The van der Waals surface area contributed by atoms with Gasteiger partial charge in [-0.05, 0) is 49.1 Å². The summed E-state index contributed by atoms with van der Waals surface area (Å²) < 4.78 is 19.8. The first-order chi connectivity index (χ1) is 14.1. The molecule has 2 aromatic rings. The quantitative estimate of drug-likeness (QED) is 0.564. The number of ether oxygens (including phenoxy) is 1. The van der Waals surface area contributed by atoms with Crippen LogP contribution in [-0.2, 0) is 11.2 Å². The Hall–Kier alpha value is -2.31. The topological polar surface area (TPSA) is 53.0 Å². The van der Waals surface area contributed by atoms with Gasteiger partial charge in [0.05, 0.1) is 5.69 Å². The van der Waals surface area contributed by atoms with Crippen LogP contribution in [0.5, 0.6) is 5.75 Å². The Kier molecular flexibility index (Phi) is 9.91. The number of carboxylic acid groups (broad SMARTS) is 1. The zero-order chi connectivity index (χ0) is 20.5. The van der Waals surface area contributed by atoms with Crippen molar-refractivity contribution < 1.29 is 19.0 Å². The highest BCUT2D eigenvalue weighted by molar-refractivity contribution is 5.85. The lowest BCUT2D eigenvalue weighted by atomic mass is 10.1. The number of halogens is 2. The Morgan fingerprint density at radius 3 is 2.37 bits per heavy atom. The predicted molar refractivity (Wildman–Crippen MR) is 119 cm³/mol. The van der Waals surface area contributed by atoms with Crippen molar-refractivity contribution in [2.24, 2.45) is 0 Å². The molecule has 1 saturated heterocycles. The number of rotatable bonds is 10. The number of hydrogen-bond donors (Lipinski definition) is 1. The molecular formula is C23H30ClFN2O3. The molecule has 0 spiro atoms. The third-order valence-corrected chi connectivity index (χ3v) is 5.27. The first-order valence-electron chi connectivity index (χ1n) is 10.3. The minimum atomic E-state index is -0.734. The van der Waals surface area contributed by atoms with Crippen LogP contribution in [0.4, 0.5) is 10.1 Å². The molecule has 164 valence electrons. The lowest BCUT2D eigenvalue weighted by Gasteiger charge is -2.36. The van der Waals surface area contributed by atoms with E-state index in [1.54, 1.807) is 6.07 Å². The Balaban J connectivity index is 0.00000320. The van der Waals surface area contributed by atoms with E-state index in [2.05, 4.69) is 9.80 Å². The van der Waals surface area contributed by atoms with Gasteiger partial charge in [0.1, 0.15) is 18.2 Å². The molecule has 1 fully saturated rings. The second-order valence-electron chi connectivity index (χ2n) is 7.37. The number of aryl methyl sites for hydroxylation is 1. The molecule has 0 radical (unpaired) electrons. The summed E-state index contributed by atoms with van der Waals surface area (Å²) in [5.74, 6) is -0.0405. The molecule has 0 amide bonds. The number of anilines is 1. The van der Waals surface area contributed by atoms with Crippen LogP contribution in [-0.4, -0.2) is 55.3 Å². The molecular weight excluding hydrogens is 407 g/mol. The van der Waals surface area contributed by atoms with Crippen LogP contribution in [0.2, 0.25) is 0 Å². The lowest BCUT2D eigenvalue weighted by Crippen LogP contribution is -2.47. The second-order valence-corrected chi connectivity index (χ2v) is 7.37. The minimum Gasteiger partial charge on any atom is -0.492 e. The summed E-state index contributed by atoms with van der Waals surface area (Å²) in [4.78, 5) is 15.0. The highest BCUT2D eigenvalue weighted by Gasteiger charge is 2.18. The van der Waals surface area contributed by atoms with E-state index in [0.29, 0.717) is 18.7 Å². The van der Waals surface area contributed by atoms with E-state index in [9.17, 15) is 9.18 Å². The van der Waals surface area contributed by atoms with E-state index < -0.39 is 5.97 Å². The zero-order valence-electron chi connectivity index (χ0n) is 17.1. The molecule has 1 aliphatic rings. The van der Waals surface area contributed by atoms with Crippen LogP contribution < -0.4 is 9.64 Å². The van der Waals surface area contributed by atoms with Crippen molar-refractivity contribution in [1.82, 2.24) is 4.90 Å². The maximum atomic E-state index is 13.9. The average molecular weight is 437 g/mol. The molecule has 5 nitrogen and oxygen atoms in total. The SMILES string of the molecule is Cl.O=C(O)CCCCc1ccc(OCCN2CCN(c3ccccc3F)CC2)cc1. The molecule has 0 aromatic heterocycles. The third-order valence-electron chi connectivity index (χ3n) is 5.27. The van der Waals surface area contributed by atoms with Gasteiger partial charge in [-0.15, -0.1) is 12.4 Å². The van der Waals surface area contributed by atoms with Crippen LogP contribution in [0, 0.1) is 5.82 Å². The third kappa shape index (κ3) is 7.50. The number of aliphatic carboxylic acids is 1. The van der Waals surface area contributed by atoms with Crippen LogP contribution in [0.3, 0.4) is 0 Å². The Bertz CT molecular complexity index is 780. The number of piperazine rings is 1. The summed E-state index contributed by atoms with van der Waals surface area (Å²) in [5, 5.41) is 8.66. The van der Waals surface area contributed by atoms with Crippen molar-refractivity contribution in [2.75, 3.05) is 44.2 Å². The van der Waals surface area contributed by atoms with Gasteiger partial charge in [-0.3, -0.25) is 9.69 Å². The Morgan fingerprint density at radius 2 is 1.70 bits per heavy atom. The molecule has 0 atom stereocenters. The molecule has 0 unspecified atom stereocenters. The van der Waals surface area contributed by atoms with Crippen LogP contribution >= 0.6 is 12.4 Å². The molecule has 3 rings (SSSR count). The van der Waals surface area contributed by atoms with Gasteiger partial charge in [0.25, 0.3) is 0 Å². The van der Waals surface area contributed by atoms with Crippen molar-refractivity contribution in [2.45, 2.75) is 25.7 Å². The van der Waals surface area contributed by atoms with Gasteiger partial charge in [-0.2, -0.15) is 0 Å². The Morgan fingerprint density at radius 1 is 1.00 bits per heavy atom. The van der Waals surface area contributed by atoms with E-state index >= 15 is 0 Å². The molecule has 0 aliphatic carbocycles. The van der Waals surface area contributed by atoms with Crippen LogP contribution in [0.25, 0.3) is 0 Å². The summed E-state index contributed by atoms with van der Waals surface area (Å²) in [6, 6.07) is 15.0. The van der Waals surface area contributed by atoms with Crippen molar-refractivity contribution in [1.29, 1.82) is 0 Å². The van der Waals surface area contributed by atoms with E-state index in [1.165, 1.54) is 11.6 Å². The maximum absolute atomic E-state index is 13.9. The van der Waals surface area contributed by atoms with Crippen molar-refractivity contribution in [3.8, 4) is 5.75 Å². The molecule has 1 aliphatic heterocycles. The van der Waals surface area contributed by atoms with Gasteiger partial charge in [-0.1, -0.05) is 24.3 Å². The van der Waals surface area contributed by atoms with Crippen LogP contribution in [0.15, 0.2) is 48.5 Å². The van der Waals surface area contributed by atoms with Crippen molar-refractivity contribution in [3.63, 3.8) is 0 Å². The number of unbranched alkanes of at least 4 members (excludes halogenated alkanes) is 1. The van der Waals surface area contributed by atoms with Gasteiger partial charge in [0.15, 0.2) is 0 Å². The molecule has 7 heteroatoms. The molecule has 0 bridgehead atoms. The number of para-hydroxylation sites is 1. The van der Waals surface area contributed by atoms with Crippen molar-refractivity contribution in [3.05, 3.63) is 59.9 Å². The molecule has 1 N–H and O–H groups in total. The fourth-order valence-electron chi connectivity index (χ4n) is 3.57. The monoisotopic (exact) mass is 436 g/mol. The van der Waals surface area contributed by atoms with Gasteiger partial charge in [0, 0.05) is 39.1 Å². The number of carbonyl (C=O) groups is 1. The standard InChI is InChI=1S/C23H29FN2O3.ClH/c24-21-6-2-3-7-22(21)26-15-13-25(14-16-26)17-18-29-20-11-9-19(10-12-20)5-1-4-8-23(27)28;/h2-3,6-7,9-12H,1,4-5,8,13-18H2,(H,27,28);1H. The number of carboxylic acids is 1. The normalized spacial score (nSPS) is 14.2. The summed E-state index contributed by atoms with van der Waals surface area (Å²) in [6.07, 6.45) is 2.71. The zero-order valence-corrected chi connectivity index (χ0v) is 18.0. The first kappa shape index (κ1) is 24.0. The fourth-order valence-corrected chi connectivity index (χ4v) is 3.57. The molecule has 30 heavy (non-hydrogen) atoms. The van der Waals surface area contributed by atoms with Crippen LogP contribution in [0.1, 0.15) is 24.8 Å². The van der Waals surface area contributed by atoms with Gasteiger partial charge < -0.3 is 14.7 Å². The van der Waals surface area contributed by atoms with Gasteiger partial charge in [-0.25, -0.2) is 4.39 Å². The van der Waals surface area contributed by atoms with E-state index in [4.69, 9.17) is 9.84 Å². The Labute approximate surface area is 183 Å². The number of nitrogens with zero attached hydrogens (tertiary/aromatic N) is 2. The summed E-state index contributed by atoms with van der Waals surface area (Å²) in [7, 11) is 0. The summed E-state index contributed by atoms with van der Waals surface area (Å²) >= 11 is 0. The highest BCUT2D eigenvalue weighted by Crippen LogP contribution is 2.20. The van der Waals surface area contributed by atoms with E-state index in [-0.39, 0.29) is 24.6 Å². The molecule has 0 saturated carbocycles. The van der Waals surface area contributed by atoms with Crippen molar-refractivity contribution >= 4 is 24.1 Å². The smallest absolute Gasteiger partial charge is 0.303 e. The second kappa shape index (κ2) is 12.4. The van der Waals surface area contributed by atoms with Gasteiger partial charge >= 0.3 is 5.97 Å². The highest BCUT2D eigenvalue weighted by atomic mass is 35.5. The maximum Gasteiger partial charge on any atom is 0.303 e. The van der Waals surface area contributed by atoms with Gasteiger partial charge in [0.2, 0.25) is 0 Å². The van der Waals surface area contributed by atoms with E-state index in [0.717, 1.165) is 51.3 Å². The largest absolute Gasteiger partial charge is 0.492 e. The first-order valence-corrected chi connectivity index (χ1v) is 10.3. The predicted octanol–water partition coefficient (Wildman–Crippen LogP) is 4.25. The number of benzene rings is 2. The van der Waals surface area contributed by atoms with E-state index in [1.807, 2.05) is 36.4 Å². The molecule has 2 aromatic carbocycles. The minimum absolute atomic E-state index is 0. The average Bonchev–Trinajstić information content (AvgIpc) is 2.73. The fraction of sp³-hybridized carbons (Fsp3) is 0.435. The molecule has 1 heterocycles.